The van der Waals surface area contributed by atoms with Gasteiger partial charge in [-0.3, -0.25) is 4.79 Å². The quantitative estimate of drug-likeness (QED) is 0.721. The second kappa shape index (κ2) is 7.50. The summed E-state index contributed by atoms with van der Waals surface area (Å²) in [5.74, 6) is -0.137. The van der Waals surface area contributed by atoms with Gasteiger partial charge in [0.25, 0.3) is 0 Å². The van der Waals surface area contributed by atoms with Crippen molar-refractivity contribution >= 4 is 28.6 Å². The van der Waals surface area contributed by atoms with Crippen LogP contribution in [0.5, 0.6) is 0 Å². The number of aliphatic hydroxyl groups is 1. The smallest absolute Gasteiger partial charge is 0.226 e. The van der Waals surface area contributed by atoms with Crippen molar-refractivity contribution in [3.8, 4) is 10.6 Å². The largest absolute Gasteiger partial charge is 0.387 e. The Hall–Kier alpha value is -2.02. The Morgan fingerprint density at radius 1 is 1.22 bits per heavy atom. The van der Waals surface area contributed by atoms with Crippen molar-refractivity contribution in [2.75, 3.05) is 6.54 Å². The first-order chi connectivity index (χ1) is 11.2. The Balaban J connectivity index is 1.52. The van der Waals surface area contributed by atoms with Crippen LogP contribution < -0.4 is 5.32 Å². The third kappa shape index (κ3) is 4.25. The fourth-order valence-electron chi connectivity index (χ4n) is 2.14. The lowest BCUT2D eigenvalue weighted by atomic mass is 10.1. The second-order valence-corrected chi connectivity index (χ2v) is 6.70. The van der Waals surface area contributed by atoms with Crippen LogP contribution in [0.1, 0.15) is 17.4 Å². The number of benzene rings is 1. The molecule has 2 aromatic heterocycles. The lowest BCUT2D eigenvalue weighted by molar-refractivity contribution is -0.120. The number of rotatable bonds is 6. The zero-order chi connectivity index (χ0) is 16.1. The minimum atomic E-state index is -0.697. The molecule has 0 radical (unpaired) electrons. The average Bonchev–Trinajstić information content (AvgIpc) is 3.24. The summed E-state index contributed by atoms with van der Waals surface area (Å²) in [4.78, 5) is 16.5. The van der Waals surface area contributed by atoms with Crippen LogP contribution in [-0.2, 0) is 11.2 Å². The van der Waals surface area contributed by atoms with Crippen molar-refractivity contribution in [1.82, 2.24) is 10.3 Å². The number of aromatic nitrogens is 1. The normalized spacial score (nSPS) is 12.0. The molecular formula is C17H16N2O2S2. The zero-order valence-corrected chi connectivity index (χ0v) is 13.9. The van der Waals surface area contributed by atoms with Crippen molar-refractivity contribution in [3.63, 3.8) is 0 Å². The summed E-state index contributed by atoms with van der Waals surface area (Å²) in [6.45, 7) is 0.199. The molecule has 0 unspecified atom stereocenters. The van der Waals surface area contributed by atoms with Gasteiger partial charge >= 0.3 is 0 Å². The average molecular weight is 344 g/mol. The first-order valence-electron chi connectivity index (χ1n) is 7.19. The summed E-state index contributed by atoms with van der Waals surface area (Å²) in [6.07, 6.45) is -0.473. The van der Waals surface area contributed by atoms with E-state index in [1.807, 2.05) is 52.5 Å². The number of hydrogen-bond donors (Lipinski definition) is 2. The van der Waals surface area contributed by atoms with Gasteiger partial charge in [0.2, 0.25) is 5.91 Å². The number of aliphatic hydroxyl groups excluding tert-OH is 1. The van der Waals surface area contributed by atoms with E-state index in [0.717, 1.165) is 21.8 Å². The lowest BCUT2D eigenvalue weighted by Crippen LogP contribution is -2.29. The van der Waals surface area contributed by atoms with Crippen molar-refractivity contribution < 1.29 is 9.90 Å². The predicted molar refractivity (Wildman–Crippen MR) is 93.5 cm³/mol. The van der Waals surface area contributed by atoms with E-state index in [4.69, 9.17) is 0 Å². The van der Waals surface area contributed by atoms with E-state index in [1.165, 1.54) is 11.3 Å². The second-order valence-electron chi connectivity index (χ2n) is 5.06. The Morgan fingerprint density at radius 2 is 2.04 bits per heavy atom. The van der Waals surface area contributed by atoms with Gasteiger partial charge < -0.3 is 10.4 Å². The van der Waals surface area contributed by atoms with Gasteiger partial charge in [-0.25, -0.2) is 4.98 Å². The Morgan fingerprint density at radius 3 is 2.78 bits per heavy atom. The van der Waals surface area contributed by atoms with Crippen LogP contribution in [0.2, 0.25) is 0 Å². The van der Waals surface area contributed by atoms with Gasteiger partial charge in [0.05, 0.1) is 18.2 Å². The van der Waals surface area contributed by atoms with E-state index in [0.29, 0.717) is 0 Å². The maximum atomic E-state index is 12.0. The summed E-state index contributed by atoms with van der Waals surface area (Å²) in [5, 5.41) is 19.7. The third-order valence-corrected chi connectivity index (χ3v) is 4.96. The maximum absolute atomic E-state index is 12.0. The maximum Gasteiger partial charge on any atom is 0.226 e. The fourth-order valence-corrected chi connectivity index (χ4v) is 3.67. The molecule has 0 aliphatic rings. The molecule has 0 saturated heterocycles. The molecule has 23 heavy (non-hydrogen) atoms. The molecule has 0 fully saturated rings. The van der Waals surface area contributed by atoms with E-state index >= 15 is 0 Å². The van der Waals surface area contributed by atoms with E-state index in [9.17, 15) is 9.90 Å². The molecule has 0 aliphatic heterocycles. The number of nitrogens with one attached hydrogen (secondary N) is 1. The first-order valence-corrected chi connectivity index (χ1v) is 9.01. The highest BCUT2D eigenvalue weighted by molar-refractivity contribution is 7.14. The molecule has 3 rings (SSSR count). The van der Waals surface area contributed by atoms with Crippen molar-refractivity contribution in [1.29, 1.82) is 0 Å². The van der Waals surface area contributed by atoms with E-state index in [-0.39, 0.29) is 18.9 Å². The molecule has 0 saturated carbocycles. The zero-order valence-electron chi connectivity index (χ0n) is 12.3. The monoisotopic (exact) mass is 344 g/mol. The number of carbonyl (C=O) groups excluding carboxylic acids is 1. The number of thiazole rings is 1. The Bertz CT molecular complexity index is 754. The van der Waals surface area contributed by atoms with Crippen molar-refractivity contribution in [3.05, 3.63) is 63.8 Å². The van der Waals surface area contributed by atoms with Crippen LogP contribution in [0.25, 0.3) is 10.6 Å². The molecule has 118 valence electrons. The molecule has 2 heterocycles. The third-order valence-electron chi connectivity index (χ3n) is 3.34. The molecule has 1 atom stereocenters. The van der Waals surface area contributed by atoms with Gasteiger partial charge in [-0.2, -0.15) is 11.3 Å². The number of amides is 1. The van der Waals surface area contributed by atoms with E-state index in [1.54, 1.807) is 11.3 Å². The topological polar surface area (TPSA) is 62.2 Å². The van der Waals surface area contributed by atoms with Crippen LogP contribution in [-0.4, -0.2) is 22.5 Å². The van der Waals surface area contributed by atoms with Crippen LogP contribution in [0, 0.1) is 0 Å². The molecule has 0 spiro atoms. The molecule has 2 N–H and O–H groups in total. The molecule has 0 aliphatic carbocycles. The predicted octanol–water partition coefficient (Wildman–Crippen LogP) is 3.26. The van der Waals surface area contributed by atoms with Gasteiger partial charge in [-0.05, 0) is 17.0 Å². The highest BCUT2D eigenvalue weighted by Crippen LogP contribution is 2.25. The molecule has 1 amide bonds. The minimum Gasteiger partial charge on any atom is -0.387 e. The Labute approximate surface area is 142 Å². The standard InChI is InChI=1S/C17H16N2O2S2/c20-15(12-4-2-1-3-5-12)9-18-16(21)8-14-11-23-17(19-14)13-6-7-22-10-13/h1-7,10-11,15,20H,8-9H2,(H,18,21)/t15-/m0/s1. The molecule has 1 aromatic carbocycles. The summed E-state index contributed by atoms with van der Waals surface area (Å²) >= 11 is 3.16. The van der Waals surface area contributed by atoms with E-state index in [2.05, 4.69) is 10.3 Å². The highest BCUT2D eigenvalue weighted by Gasteiger charge is 2.12. The number of hydrogen-bond acceptors (Lipinski definition) is 5. The SMILES string of the molecule is O=C(Cc1csc(-c2ccsc2)n1)NC[C@H](O)c1ccccc1. The van der Waals surface area contributed by atoms with Gasteiger partial charge in [0, 0.05) is 22.9 Å². The summed E-state index contributed by atoms with van der Waals surface area (Å²) in [6, 6.07) is 11.3. The van der Waals surface area contributed by atoms with Gasteiger partial charge in [-0.15, -0.1) is 11.3 Å². The summed E-state index contributed by atoms with van der Waals surface area (Å²) < 4.78 is 0. The first kappa shape index (κ1) is 15.9. The van der Waals surface area contributed by atoms with Crippen molar-refractivity contribution in [2.24, 2.45) is 0 Å². The number of nitrogens with zero attached hydrogens (tertiary/aromatic N) is 1. The van der Waals surface area contributed by atoms with Crippen LogP contribution in [0.3, 0.4) is 0 Å². The minimum absolute atomic E-state index is 0.137. The number of carbonyl (C=O) groups is 1. The molecule has 0 bridgehead atoms. The van der Waals surface area contributed by atoms with E-state index < -0.39 is 6.10 Å². The lowest BCUT2D eigenvalue weighted by Gasteiger charge is -2.11. The molecular weight excluding hydrogens is 328 g/mol. The number of thiophene rings is 1. The van der Waals surface area contributed by atoms with Gasteiger partial charge in [-0.1, -0.05) is 30.3 Å². The fraction of sp³-hybridized carbons (Fsp3) is 0.176. The van der Waals surface area contributed by atoms with Crippen LogP contribution in [0.15, 0.2) is 52.5 Å². The van der Waals surface area contributed by atoms with Crippen molar-refractivity contribution in [2.45, 2.75) is 12.5 Å². The summed E-state index contributed by atoms with van der Waals surface area (Å²) in [7, 11) is 0. The van der Waals surface area contributed by atoms with Crippen LogP contribution in [0.4, 0.5) is 0 Å². The highest BCUT2D eigenvalue weighted by atomic mass is 32.1. The molecule has 3 aromatic rings. The Kier molecular flexibility index (Phi) is 5.17. The van der Waals surface area contributed by atoms with Crippen LogP contribution >= 0.6 is 22.7 Å². The van der Waals surface area contributed by atoms with Gasteiger partial charge in [0.1, 0.15) is 5.01 Å². The van der Waals surface area contributed by atoms with Gasteiger partial charge in [0.15, 0.2) is 0 Å². The molecule has 6 heteroatoms. The molecule has 4 nitrogen and oxygen atoms in total. The summed E-state index contributed by atoms with van der Waals surface area (Å²) in [5.41, 5.74) is 2.63.